The number of carbonyl (C=O) groups is 1. The summed E-state index contributed by atoms with van der Waals surface area (Å²) in [6.07, 6.45) is 0.716. The summed E-state index contributed by atoms with van der Waals surface area (Å²) < 4.78 is 5.11. The summed E-state index contributed by atoms with van der Waals surface area (Å²) in [7, 11) is 0. The number of halogens is 1. The second-order valence-corrected chi connectivity index (χ2v) is 2.82. The van der Waals surface area contributed by atoms with Gasteiger partial charge in [0.2, 0.25) is 0 Å². The van der Waals surface area contributed by atoms with E-state index in [2.05, 4.69) is 0 Å². The maximum absolute atomic E-state index is 10.0. The number of carbonyl (C=O) groups excluding carboxylic acids is 1. The zero-order valence-corrected chi connectivity index (χ0v) is 7.47. The molecule has 3 heteroatoms. The van der Waals surface area contributed by atoms with Crippen LogP contribution in [0.2, 0.25) is 5.02 Å². The van der Waals surface area contributed by atoms with Crippen LogP contribution in [-0.2, 0) is 4.79 Å². The van der Waals surface area contributed by atoms with Crippen LogP contribution in [0.4, 0.5) is 0 Å². The van der Waals surface area contributed by atoms with Crippen LogP contribution in [0.1, 0.15) is 5.56 Å². The van der Waals surface area contributed by atoms with Gasteiger partial charge in [0.15, 0.2) is 6.29 Å². The van der Waals surface area contributed by atoms with Crippen LogP contribution < -0.4 is 4.74 Å². The molecule has 0 bridgehead atoms. The van der Waals surface area contributed by atoms with E-state index in [0.717, 1.165) is 5.56 Å². The molecule has 0 N–H and O–H groups in total. The fourth-order valence-electron chi connectivity index (χ4n) is 0.899. The average molecular weight is 185 g/mol. The van der Waals surface area contributed by atoms with Crippen LogP contribution in [0.5, 0.6) is 5.75 Å². The normalized spacial score (nSPS) is 9.50. The fraction of sp³-hybridized carbons (Fsp3) is 0.222. The van der Waals surface area contributed by atoms with Crippen LogP contribution in [-0.4, -0.2) is 12.9 Å². The van der Waals surface area contributed by atoms with E-state index >= 15 is 0 Å². The summed E-state index contributed by atoms with van der Waals surface area (Å²) in [6.45, 7) is 1.97. The Labute approximate surface area is 76.1 Å². The van der Waals surface area contributed by atoms with E-state index in [0.29, 0.717) is 17.1 Å². The van der Waals surface area contributed by atoms with Crippen molar-refractivity contribution < 1.29 is 9.53 Å². The van der Waals surface area contributed by atoms with E-state index in [1.165, 1.54) is 0 Å². The quantitative estimate of drug-likeness (QED) is 0.674. The second kappa shape index (κ2) is 4.12. The van der Waals surface area contributed by atoms with Crippen LogP contribution in [0.15, 0.2) is 18.2 Å². The van der Waals surface area contributed by atoms with Gasteiger partial charge in [-0.1, -0.05) is 11.6 Å². The molecule has 64 valence electrons. The monoisotopic (exact) mass is 184 g/mol. The van der Waals surface area contributed by atoms with Crippen LogP contribution >= 0.6 is 11.6 Å². The number of aldehydes is 1. The molecule has 0 radical (unpaired) electrons. The van der Waals surface area contributed by atoms with Crippen molar-refractivity contribution in [3.8, 4) is 5.75 Å². The molecule has 1 aromatic rings. The lowest BCUT2D eigenvalue weighted by Crippen LogP contribution is -1.98. The van der Waals surface area contributed by atoms with Gasteiger partial charge in [-0.05, 0) is 30.7 Å². The highest BCUT2D eigenvalue weighted by molar-refractivity contribution is 6.30. The molecule has 0 unspecified atom stereocenters. The van der Waals surface area contributed by atoms with Crippen molar-refractivity contribution in [2.45, 2.75) is 6.92 Å². The molecule has 0 aliphatic carbocycles. The van der Waals surface area contributed by atoms with Gasteiger partial charge in [0.1, 0.15) is 12.4 Å². The highest BCUT2D eigenvalue weighted by Crippen LogP contribution is 2.21. The molecule has 2 nitrogen and oxygen atoms in total. The molecule has 0 amide bonds. The molecule has 0 fully saturated rings. The SMILES string of the molecule is Cc1cc(Cl)ccc1OCC=O. The van der Waals surface area contributed by atoms with Crippen molar-refractivity contribution in [2.75, 3.05) is 6.61 Å². The minimum Gasteiger partial charge on any atom is -0.486 e. The first-order valence-corrected chi connectivity index (χ1v) is 3.94. The minimum atomic E-state index is 0.0858. The predicted molar refractivity (Wildman–Crippen MR) is 47.7 cm³/mol. The Morgan fingerprint density at radius 1 is 1.58 bits per heavy atom. The van der Waals surface area contributed by atoms with Gasteiger partial charge in [-0.15, -0.1) is 0 Å². The molecule has 1 rings (SSSR count). The number of aryl methyl sites for hydroxylation is 1. The van der Waals surface area contributed by atoms with Gasteiger partial charge in [-0.3, -0.25) is 4.79 Å². The third-order valence-electron chi connectivity index (χ3n) is 1.44. The molecular weight excluding hydrogens is 176 g/mol. The van der Waals surface area contributed by atoms with Crippen molar-refractivity contribution >= 4 is 17.9 Å². The van der Waals surface area contributed by atoms with Crippen LogP contribution in [0.3, 0.4) is 0 Å². The molecular formula is C9H9ClO2. The Hall–Kier alpha value is -1.02. The largest absolute Gasteiger partial charge is 0.486 e. The first kappa shape index (κ1) is 9.07. The maximum Gasteiger partial charge on any atom is 0.157 e. The molecule has 1 aromatic carbocycles. The summed E-state index contributed by atoms with van der Waals surface area (Å²) in [5.74, 6) is 0.700. The average Bonchev–Trinajstić information content (AvgIpc) is 2.03. The Bertz CT molecular complexity index is 284. The van der Waals surface area contributed by atoms with E-state index in [1.54, 1.807) is 18.2 Å². The molecule has 0 aliphatic rings. The number of hydrogen-bond acceptors (Lipinski definition) is 2. The maximum atomic E-state index is 10.0. The molecule has 0 spiro atoms. The number of hydrogen-bond donors (Lipinski definition) is 0. The molecule has 0 saturated heterocycles. The lowest BCUT2D eigenvalue weighted by molar-refractivity contribution is -0.109. The molecule has 0 atom stereocenters. The Kier molecular flexibility index (Phi) is 3.11. The minimum absolute atomic E-state index is 0.0858. The second-order valence-electron chi connectivity index (χ2n) is 2.39. The molecule has 0 saturated carbocycles. The highest BCUT2D eigenvalue weighted by atomic mass is 35.5. The van der Waals surface area contributed by atoms with E-state index < -0.39 is 0 Å². The van der Waals surface area contributed by atoms with Gasteiger partial charge in [-0.25, -0.2) is 0 Å². The Balaban J connectivity index is 2.78. The highest BCUT2D eigenvalue weighted by Gasteiger charge is 1.98. The lowest BCUT2D eigenvalue weighted by Gasteiger charge is -2.05. The molecule has 0 heterocycles. The Morgan fingerprint density at radius 3 is 2.92 bits per heavy atom. The van der Waals surface area contributed by atoms with E-state index in [1.807, 2.05) is 6.92 Å². The number of ether oxygens (including phenoxy) is 1. The third-order valence-corrected chi connectivity index (χ3v) is 1.68. The van der Waals surface area contributed by atoms with Gasteiger partial charge in [0, 0.05) is 5.02 Å². The van der Waals surface area contributed by atoms with Gasteiger partial charge in [-0.2, -0.15) is 0 Å². The zero-order chi connectivity index (χ0) is 8.97. The van der Waals surface area contributed by atoms with Crippen LogP contribution in [0, 0.1) is 6.92 Å². The van der Waals surface area contributed by atoms with Gasteiger partial charge < -0.3 is 4.74 Å². The van der Waals surface area contributed by atoms with E-state index in [4.69, 9.17) is 16.3 Å². The first-order chi connectivity index (χ1) is 5.74. The van der Waals surface area contributed by atoms with Crippen LogP contribution in [0.25, 0.3) is 0 Å². The summed E-state index contributed by atoms with van der Waals surface area (Å²) in [4.78, 5) is 10.0. The van der Waals surface area contributed by atoms with Crippen molar-refractivity contribution in [3.05, 3.63) is 28.8 Å². The standard InChI is InChI=1S/C9H9ClO2/c1-7-6-8(10)2-3-9(7)12-5-4-11/h2-4,6H,5H2,1H3. The molecule has 0 aliphatic heterocycles. The number of benzene rings is 1. The fourth-order valence-corrected chi connectivity index (χ4v) is 1.13. The summed E-state index contributed by atoms with van der Waals surface area (Å²) >= 11 is 5.73. The van der Waals surface area contributed by atoms with Gasteiger partial charge in [0.05, 0.1) is 0 Å². The molecule has 0 aromatic heterocycles. The van der Waals surface area contributed by atoms with Crippen molar-refractivity contribution in [3.63, 3.8) is 0 Å². The number of rotatable bonds is 3. The summed E-state index contributed by atoms with van der Waals surface area (Å²) in [6, 6.07) is 5.28. The summed E-state index contributed by atoms with van der Waals surface area (Å²) in [5.41, 5.74) is 0.935. The van der Waals surface area contributed by atoms with Crippen molar-refractivity contribution in [1.29, 1.82) is 0 Å². The zero-order valence-electron chi connectivity index (χ0n) is 6.71. The first-order valence-electron chi connectivity index (χ1n) is 3.56. The Morgan fingerprint density at radius 2 is 2.33 bits per heavy atom. The van der Waals surface area contributed by atoms with Crippen molar-refractivity contribution in [2.24, 2.45) is 0 Å². The predicted octanol–water partition coefficient (Wildman–Crippen LogP) is 2.23. The van der Waals surface area contributed by atoms with Gasteiger partial charge in [0.25, 0.3) is 0 Å². The molecule has 12 heavy (non-hydrogen) atoms. The smallest absolute Gasteiger partial charge is 0.157 e. The van der Waals surface area contributed by atoms with E-state index in [9.17, 15) is 4.79 Å². The summed E-state index contributed by atoms with van der Waals surface area (Å²) in [5, 5.41) is 0.672. The van der Waals surface area contributed by atoms with Gasteiger partial charge >= 0.3 is 0 Å². The van der Waals surface area contributed by atoms with E-state index in [-0.39, 0.29) is 6.61 Å². The topological polar surface area (TPSA) is 26.3 Å². The van der Waals surface area contributed by atoms with Crippen molar-refractivity contribution in [1.82, 2.24) is 0 Å². The lowest BCUT2D eigenvalue weighted by atomic mass is 10.2. The third kappa shape index (κ3) is 2.24.